The molecular formula is C14H13N5S. The van der Waals surface area contributed by atoms with E-state index in [1.807, 2.05) is 12.3 Å². The van der Waals surface area contributed by atoms with Crippen molar-refractivity contribution in [2.75, 3.05) is 0 Å². The van der Waals surface area contributed by atoms with E-state index in [1.165, 1.54) is 11.3 Å². The Balaban J connectivity index is 2.02. The largest absolute Gasteiger partial charge is 0.346 e. The molecule has 0 unspecified atom stereocenters. The molecule has 3 aromatic rings. The lowest BCUT2D eigenvalue weighted by molar-refractivity contribution is 0.722. The third-order valence-electron chi connectivity index (χ3n) is 3.14. The maximum atomic E-state index is 9.22. The van der Waals surface area contributed by atoms with Gasteiger partial charge in [-0.25, -0.2) is 15.0 Å². The van der Waals surface area contributed by atoms with Gasteiger partial charge in [-0.3, -0.25) is 0 Å². The van der Waals surface area contributed by atoms with Crippen molar-refractivity contribution in [2.45, 2.75) is 25.7 Å². The zero-order valence-corrected chi connectivity index (χ0v) is 11.8. The predicted octanol–water partition coefficient (Wildman–Crippen LogP) is 3.49. The molecule has 3 rings (SSSR count). The highest BCUT2D eigenvalue weighted by Crippen LogP contribution is 2.33. The molecule has 5 nitrogen and oxygen atoms in total. The second-order valence-corrected chi connectivity index (χ2v) is 5.56. The molecule has 0 spiro atoms. The van der Waals surface area contributed by atoms with Crippen molar-refractivity contribution in [2.24, 2.45) is 0 Å². The van der Waals surface area contributed by atoms with Gasteiger partial charge in [0.05, 0.1) is 22.6 Å². The van der Waals surface area contributed by atoms with Crippen LogP contribution in [-0.2, 0) is 0 Å². The van der Waals surface area contributed by atoms with Crippen LogP contribution in [0.25, 0.3) is 21.6 Å². The summed E-state index contributed by atoms with van der Waals surface area (Å²) < 4.78 is 0. The quantitative estimate of drug-likeness (QED) is 0.795. The summed E-state index contributed by atoms with van der Waals surface area (Å²) in [5.41, 5.74) is 1.68. The standard InChI is InChI=1S/C14H13N5S/c1-2-3-9(6-15)14-17-7-11(20-14)12-10-4-5-16-13(10)19-8-18-12/h4-5,7-9H,2-3H2,1H3,(H,16,18,19)/t9-/m0/s1. The van der Waals surface area contributed by atoms with Crippen LogP contribution in [0.4, 0.5) is 0 Å². The third-order valence-corrected chi connectivity index (χ3v) is 4.26. The molecule has 20 heavy (non-hydrogen) atoms. The Labute approximate surface area is 120 Å². The number of hydrogen-bond donors (Lipinski definition) is 1. The van der Waals surface area contributed by atoms with Crippen molar-refractivity contribution < 1.29 is 0 Å². The molecule has 0 aliphatic rings. The average molecular weight is 283 g/mol. The molecule has 6 heteroatoms. The molecule has 0 bridgehead atoms. The first kappa shape index (κ1) is 12.8. The molecule has 3 aromatic heterocycles. The van der Waals surface area contributed by atoms with Gasteiger partial charge in [0.25, 0.3) is 0 Å². The zero-order chi connectivity index (χ0) is 13.9. The first-order valence-corrected chi connectivity index (χ1v) is 7.29. The topological polar surface area (TPSA) is 78.2 Å². The molecule has 0 saturated carbocycles. The molecule has 0 aromatic carbocycles. The van der Waals surface area contributed by atoms with Crippen LogP contribution in [0.3, 0.4) is 0 Å². The zero-order valence-electron chi connectivity index (χ0n) is 11.0. The Morgan fingerprint density at radius 2 is 2.30 bits per heavy atom. The van der Waals surface area contributed by atoms with E-state index in [1.54, 1.807) is 12.5 Å². The fraction of sp³-hybridized carbons (Fsp3) is 0.286. The number of aromatic amines is 1. The number of nitrogens with zero attached hydrogens (tertiary/aromatic N) is 4. The van der Waals surface area contributed by atoms with Crippen LogP contribution in [0, 0.1) is 11.3 Å². The van der Waals surface area contributed by atoms with Gasteiger partial charge in [0, 0.05) is 17.8 Å². The monoisotopic (exact) mass is 283 g/mol. The van der Waals surface area contributed by atoms with Crippen LogP contribution >= 0.6 is 11.3 Å². The number of nitriles is 1. The Kier molecular flexibility index (Phi) is 3.44. The van der Waals surface area contributed by atoms with E-state index in [0.717, 1.165) is 39.5 Å². The summed E-state index contributed by atoms with van der Waals surface area (Å²) >= 11 is 1.54. The molecule has 0 saturated heterocycles. The first-order valence-electron chi connectivity index (χ1n) is 6.47. The molecule has 0 fully saturated rings. The molecule has 1 N–H and O–H groups in total. The Morgan fingerprint density at radius 3 is 3.10 bits per heavy atom. The van der Waals surface area contributed by atoms with Crippen molar-refractivity contribution in [1.82, 2.24) is 19.9 Å². The fourth-order valence-electron chi connectivity index (χ4n) is 2.16. The minimum Gasteiger partial charge on any atom is -0.346 e. The van der Waals surface area contributed by atoms with Gasteiger partial charge in [0.1, 0.15) is 17.0 Å². The van der Waals surface area contributed by atoms with Crippen LogP contribution in [0.5, 0.6) is 0 Å². The fourth-order valence-corrected chi connectivity index (χ4v) is 3.17. The lowest BCUT2D eigenvalue weighted by Gasteiger charge is -2.01. The number of nitrogens with one attached hydrogen (secondary N) is 1. The van der Waals surface area contributed by atoms with Crippen molar-refractivity contribution >= 4 is 22.4 Å². The molecule has 3 heterocycles. The average Bonchev–Trinajstić information content (AvgIpc) is 3.12. The molecule has 0 aliphatic heterocycles. The van der Waals surface area contributed by atoms with E-state index < -0.39 is 0 Å². The lowest BCUT2D eigenvalue weighted by Crippen LogP contribution is -1.93. The summed E-state index contributed by atoms with van der Waals surface area (Å²) in [6.07, 6.45) is 7.01. The van der Waals surface area contributed by atoms with Gasteiger partial charge in [-0.15, -0.1) is 11.3 Å². The molecule has 1 atom stereocenters. The van der Waals surface area contributed by atoms with Gasteiger partial charge in [-0.2, -0.15) is 5.26 Å². The summed E-state index contributed by atoms with van der Waals surface area (Å²) in [5.74, 6) is -0.123. The van der Waals surface area contributed by atoms with Gasteiger partial charge in [-0.05, 0) is 12.5 Å². The van der Waals surface area contributed by atoms with Gasteiger partial charge in [-0.1, -0.05) is 13.3 Å². The van der Waals surface area contributed by atoms with Gasteiger partial charge in [0.2, 0.25) is 0 Å². The first-order chi connectivity index (χ1) is 9.83. The summed E-state index contributed by atoms with van der Waals surface area (Å²) in [6.45, 7) is 2.08. The maximum absolute atomic E-state index is 9.22. The number of rotatable bonds is 4. The summed E-state index contributed by atoms with van der Waals surface area (Å²) in [5, 5.41) is 11.1. The minimum atomic E-state index is -0.123. The van der Waals surface area contributed by atoms with E-state index in [0.29, 0.717) is 0 Å². The van der Waals surface area contributed by atoms with E-state index in [2.05, 4.69) is 32.9 Å². The van der Waals surface area contributed by atoms with Crippen molar-refractivity contribution in [3.63, 3.8) is 0 Å². The van der Waals surface area contributed by atoms with E-state index >= 15 is 0 Å². The van der Waals surface area contributed by atoms with E-state index in [9.17, 15) is 5.26 Å². The smallest absolute Gasteiger partial charge is 0.141 e. The van der Waals surface area contributed by atoms with E-state index in [-0.39, 0.29) is 5.92 Å². The van der Waals surface area contributed by atoms with Gasteiger partial charge >= 0.3 is 0 Å². The van der Waals surface area contributed by atoms with Crippen LogP contribution in [0.15, 0.2) is 24.8 Å². The predicted molar refractivity (Wildman–Crippen MR) is 78.3 cm³/mol. The second-order valence-electron chi connectivity index (χ2n) is 4.50. The highest BCUT2D eigenvalue weighted by Gasteiger charge is 2.16. The van der Waals surface area contributed by atoms with Gasteiger partial charge in [0.15, 0.2) is 0 Å². The number of hydrogen-bond acceptors (Lipinski definition) is 5. The Hall–Kier alpha value is -2.26. The normalized spacial score (nSPS) is 12.4. The molecule has 0 amide bonds. The van der Waals surface area contributed by atoms with Crippen LogP contribution in [-0.4, -0.2) is 19.9 Å². The van der Waals surface area contributed by atoms with Crippen LogP contribution < -0.4 is 0 Å². The highest BCUT2D eigenvalue weighted by molar-refractivity contribution is 7.15. The Bertz CT molecular complexity index is 767. The van der Waals surface area contributed by atoms with Crippen molar-refractivity contribution in [3.05, 3.63) is 29.8 Å². The minimum absolute atomic E-state index is 0.123. The van der Waals surface area contributed by atoms with E-state index in [4.69, 9.17) is 0 Å². The molecule has 0 radical (unpaired) electrons. The highest BCUT2D eigenvalue weighted by atomic mass is 32.1. The maximum Gasteiger partial charge on any atom is 0.141 e. The third kappa shape index (κ3) is 2.17. The number of thiazole rings is 1. The number of aromatic nitrogens is 4. The summed E-state index contributed by atoms with van der Waals surface area (Å²) in [6, 6.07) is 4.28. The second kappa shape index (κ2) is 5.39. The Morgan fingerprint density at radius 1 is 1.40 bits per heavy atom. The van der Waals surface area contributed by atoms with Gasteiger partial charge < -0.3 is 4.98 Å². The molecular weight excluding hydrogens is 270 g/mol. The van der Waals surface area contributed by atoms with Crippen molar-refractivity contribution in [3.8, 4) is 16.6 Å². The SMILES string of the molecule is CCC[C@@H](C#N)c1ncc(-c2ncnc3[nH]ccc23)s1. The summed E-state index contributed by atoms with van der Waals surface area (Å²) in [4.78, 5) is 17.0. The molecule has 100 valence electrons. The number of H-pyrrole nitrogens is 1. The van der Waals surface area contributed by atoms with Crippen LogP contribution in [0.1, 0.15) is 30.7 Å². The number of fused-ring (bicyclic) bond motifs is 1. The van der Waals surface area contributed by atoms with Crippen LogP contribution in [0.2, 0.25) is 0 Å². The lowest BCUT2D eigenvalue weighted by atomic mass is 10.1. The van der Waals surface area contributed by atoms with Crippen molar-refractivity contribution in [1.29, 1.82) is 5.26 Å². The summed E-state index contributed by atoms with van der Waals surface area (Å²) in [7, 11) is 0. The molecule has 0 aliphatic carbocycles.